The fraction of sp³-hybridized carbons (Fsp3) is 0.833. The summed E-state index contributed by atoms with van der Waals surface area (Å²) < 4.78 is 2.01. The molecule has 1 N–H and O–H groups in total. The quantitative estimate of drug-likeness (QED) is 0.801. The molecule has 0 radical (unpaired) electrons. The zero-order valence-corrected chi connectivity index (χ0v) is 10.4. The van der Waals surface area contributed by atoms with E-state index in [1.165, 1.54) is 25.7 Å². The minimum Gasteiger partial charge on any atom is -0.304 e. The topological polar surface area (TPSA) is 42.7 Å². The molecule has 0 bridgehead atoms. The van der Waals surface area contributed by atoms with Crippen LogP contribution in [-0.4, -0.2) is 20.3 Å². The van der Waals surface area contributed by atoms with Crippen LogP contribution in [0.15, 0.2) is 6.33 Å². The van der Waals surface area contributed by atoms with Crippen LogP contribution in [0.1, 0.15) is 51.8 Å². The van der Waals surface area contributed by atoms with E-state index in [1.54, 1.807) is 6.33 Å². The van der Waals surface area contributed by atoms with Crippen molar-refractivity contribution < 1.29 is 0 Å². The van der Waals surface area contributed by atoms with Gasteiger partial charge in [-0.1, -0.05) is 13.8 Å². The number of hydrogen-bond acceptors (Lipinski definition) is 3. The Morgan fingerprint density at radius 1 is 1.44 bits per heavy atom. The van der Waals surface area contributed by atoms with Crippen LogP contribution in [0.5, 0.6) is 0 Å². The molecule has 0 atom stereocenters. The molecule has 1 heterocycles. The Morgan fingerprint density at radius 3 is 2.81 bits per heavy atom. The number of rotatable bonds is 6. The van der Waals surface area contributed by atoms with Gasteiger partial charge in [0.15, 0.2) is 0 Å². The first-order valence-corrected chi connectivity index (χ1v) is 6.41. The fourth-order valence-corrected chi connectivity index (χ4v) is 2.35. The summed E-state index contributed by atoms with van der Waals surface area (Å²) >= 11 is 0. The van der Waals surface area contributed by atoms with Gasteiger partial charge in [-0.3, -0.25) is 0 Å². The summed E-state index contributed by atoms with van der Waals surface area (Å²) in [5, 5.41) is 7.90. The number of aromatic nitrogens is 3. The predicted molar refractivity (Wildman–Crippen MR) is 64.0 cm³/mol. The fourth-order valence-electron chi connectivity index (χ4n) is 2.35. The molecule has 1 aliphatic rings. The average Bonchev–Trinajstić information content (AvgIpc) is 2.66. The molecule has 0 saturated heterocycles. The largest absolute Gasteiger partial charge is 0.304 e. The summed E-state index contributed by atoms with van der Waals surface area (Å²) in [5.41, 5.74) is 0.392. The van der Waals surface area contributed by atoms with Gasteiger partial charge in [0, 0.05) is 12.1 Å². The molecule has 1 fully saturated rings. The van der Waals surface area contributed by atoms with E-state index >= 15 is 0 Å². The van der Waals surface area contributed by atoms with E-state index in [0.717, 1.165) is 25.3 Å². The Balaban J connectivity index is 1.91. The van der Waals surface area contributed by atoms with Gasteiger partial charge in [0.25, 0.3) is 0 Å². The lowest BCUT2D eigenvalue weighted by Crippen LogP contribution is -2.50. The maximum Gasteiger partial charge on any atom is 0.140 e. The lowest BCUT2D eigenvalue weighted by Gasteiger charge is -2.42. The molecule has 1 aromatic heterocycles. The summed E-state index contributed by atoms with van der Waals surface area (Å²) in [4.78, 5) is 4.32. The molecule has 90 valence electrons. The zero-order chi connectivity index (χ0) is 11.4. The molecule has 0 aromatic carbocycles. The Bertz CT molecular complexity index is 322. The van der Waals surface area contributed by atoms with Gasteiger partial charge in [-0.05, 0) is 32.1 Å². The van der Waals surface area contributed by atoms with Gasteiger partial charge >= 0.3 is 0 Å². The van der Waals surface area contributed by atoms with Crippen LogP contribution in [0.3, 0.4) is 0 Å². The van der Waals surface area contributed by atoms with Crippen LogP contribution >= 0.6 is 0 Å². The molecule has 16 heavy (non-hydrogen) atoms. The minimum absolute atomic E-state index is 0.392. The standard InChI is InChI=1S/C12H22N4/c1-3-8-16-11(13-10-15-16)9-14-12(4-2)6-5-7-12/h10,14H,3-9H2,1-2H3. The van der Waals surface area contributed by atoms with Crippen molar-refractivity contribution in [3.8, 4) is 0 Å². The van der Waals surface area contributed by atoms with Crippen LogP contribution in [0.25, 0.3) is 0 Å². The normalized spacial score (nSPS) is 18.4. The van der Waals surface area contributed by atoms with Gasteiger partial charge in [-0.15, -0.1) is 0 Å². The van der Waals surface area contributed by atoms with Gasteiger partial charge in [0.05, 0.1) is 6.54 Å². The second kappa shape index (κ2) is 4.95. The summed E-state index contributed by atoms with van der Waals surface area (Å²) in [7, 11) is 0. The smallest absolute Gasteiger partial charge is 0.140 e. The number of nitrogens with one attached hydrogen (secondary N) is 1. The molecule has 0 unspecified atom stereocenters. The highest BCUT2D eigenvalue weighted by Gasteiger charge is 2.34. The van der Waals surface area contributed by atoms with Crippen LogP contribution in [0.2, 0.25) is 0 Å². The molecule has 1 saturated carbocycles. The third-order valence-electron chi connectivity index (χ3n) is 3.74. The number of nitrogens with zero attached hydrogens (tertiary/aromatic N) is 3. The van der Waals surface area contributed by atoms with Crippen molar-refractivity contribution in [2.45, 2.75) is 64.6 Å². The maximum absolute atomic E-state index is 4.32. The van der Waals surface area contributed by atoms with Gasteiger partial charge in [0.1, 0.15) is 12.2 Å². The Kier molecular flexibility index (Phi) is 3.59. The molecule has 2 rings (SSSR count). The van der Waals surface area contributed by atoms with Gasteiger partial charge in [-0.2, -0.15) is 5.10 Å². The van der Waals surface area contributed by atoms with E-state index in [2.05, 4.69) is 29.2 Å². The van der Waals surface area contributed by atoms with Crippen molar-refractivity contribution >= 4 is 0 Å². The molecule has 4 nitrogen and oxygen atoms in total. The molecule has 4 heteroatoms. The summed E-state index contributed by atoms with van der Waals surface area (Å²) in [6, 6.07) is 0. The minimum atomic E-state index is 0.392. The van der Waals surface area contributed by atoms with Crippen molar-refractivity contribution in [1.29, 1.82) is 0 Å². The average molecular weight is 222 g/mol. The molecule has 0 spiro atoms. The van der Waals surface area contributed by atoms with Crippen molar-refractivity contribution in [2.75, 3.05) is 0 Å². The van der Waals surface area contributed by atoms with E-state index in [-0.39, 0.29) is 0 Å². The molecule has 0 aliphatic heterocycles. The zero-order valence-electron chi connectivity index (χ0n) is 10.4. The highest BCUT2D eigenvalue weighted by atomic mass is 15.3. The van der Waals surface area contributed by atoms with E-state index in [4.69, 9.17) is 0 Å². The van der Waals surface area contributed by atoms with Crippen LogP contribution in [0, 0.1) is 0 Å². The third kappa shape index (κ3) is 2.26. The first-order chi connectivity index (χ1) is 7.79. The third-order valence-corrected chi connectivity index (χ3v) is 3.74. The maximum atomic E-state index is 4.32. The monoisotopic (exact) mass is 222 g/mol. The SMILES string of the molecule is CCCn1ncnc1CNC1(CC)CCC1. The van der Waals surface area contributed by atoms with Crippen molar-refractivity contribution in [3.63, 3.8) is 0 Å². The van der Waals surface area contributed by atoms with E-state index in [1.807, 2.05) is 4.68 Å². The summed E-state index contributed by atoms with van der Waals surface area (Å²) in [6.45, 7) is 6.26. The van der Waals surface area contributed by atoms with Gasteiger partial charge in [0.2, 0.25) is 0 Å². The van der Waals surface area contributed by atoms with Crippen LogP contribution in [-0.2, 0) is 13.1 Å². The van der Waals surface area contributed by atoms with E-state index < -0.39 is 0 Å². The van der Waals surface area contributed by atoms with E-state index in [9.17, 15) is 0 Å². The van der Waals surface area contributed by atoms with Crippen molar-refractivity contribution in [1.82, 2.24) is 20.1 Å². The van der Waals surface area contributed by atoms with Crippen molar-refractivity contribution in [3.05, 3.63) is 12.2 Å². The second-order valence-corrected chi connectivity index (χ2v) is 4.74. The number of hydrogen-bond donors (Lipinski definition) is 1. The number of aryl methyl sites for hydroxylation is 1. The summed E-state index contributed by atoms with van der Waals surface area (Å²) in [6.07, 6.45) is 7.97. The highest BCUT2D eigenvalue weighted by molar-refractivity contribution is 4.97. The Hall–Kier alpha value is -0.900. The second-order valence-electron chi connectivity index (χ2n) is 4.74. The van der Waals surface area contributed by atoms with Gasteiger partial charge in [-0.25, -0.2) is 9.67 Å². The molecular formula is C12H22N4. The predicted octanol–water partition coefficient (Wildman–Crippen LogP) is 2.11. The molecule has 1 aromatic rings. The lowest BCUT2D eigenvalue weighted by atomic mass is 9.75. The molecule has 1 aliphatic carbocycles. The first-order valence-electron chi connectivity index (χ1n) is 6.41. The molecular weight excluding hydrogens is 200 g/mol. The van der Waals surface area contributed by atoms with Crippen molar-refractivity contribution in [2.24, 2.45) is 0 Å². The van der Waals surface area contributed by atoms with E-state index in [0.29, 0.717) is 5.54 Å². The highest BCUT2D eigenvalue weighted by Crippen LogP contribution is 2.34. The lowest BCUT2D eigenvalue weighted by molar-refractivity contribution is 0.173. The Morgan fingerprint density at radius 2 is 2.25 bits per heavy atom. The Labute approximate surface area is 97.5 Å². The van der Waals surface area contributed by atoms with Gasteiger partial charge < -0.3 is 5.32 Å². The summed E-state index contributed by atoms with van der Waals surface area (Å²) in [5.74, 6) is 1.07. The first kappa shape index (κ1) is 11.6. The molecule has 0 amide bonds. The van der Waals surface area contributed by atoms with Crippen LogP contribution in [0.4, 0.5) is 0 Å². The van der Waals surface area contributed by atoms with Crippen LogP contribution < -0.4 is 5.32 Å².